The molecule has 0 unspecified atom stereocenters. The summed E-state index contributed by atoms with van der Waals surface area (Å²) in [5.41, 5.74) is 2.13. The molecule has 124 valence electrons. The van der Waals surface area contributed by atoms with Crippen LogP contribution in [0.3, 0.4) is 0 Å². The van der Waals surface area contributed by atoms with Gasteiger partial charge in [-0.1, -0.05) is 29.7 Å². The Balaban J connectivity index is 1.94. The molecule has 2 aromatic heterocycles. The Labute approximate surface area is 144 Å². The maximum absolute atomic E-state index is 12.4. The summed E-state index contributed by atoms with van der Waals surface area (Å²) in [5, 5.41) is 12.2. The normalized spacial score (nSPS) is 10.4. The second-order valence-corrected chi connectivity index (χ2v) is 5.56. The minimum absolute atomic E-state index is 0.0621. The number of aromatic nitrogens is 3. The lowest BCUT2D eigenvalue weighted by Gasteiger charge is -2.09. The molecular weight excluding hydrogens is 319 g/mol. The topological polar surface area (TPSA) is 97.1 Å². The van der Waals surface area contributed by atoms with Gasteiger partial charge >= 0.3 is 5.97 Å². The third-order valence-corrected chi connectivity index (χ3v) is 3.70. The molecule has 0 spiro atoms. The Hall–Kier alpha value is -3.42. The lowest BCUT2D eigenvalue weighted by atomic mass is 9.95. The van der Waals surface area contributed by atoms with E-state index in [1.807, 2.05) is 20.0 Å². The summed E-state index contributed by atoms with van der Waals surface area (Å²) < 4.78 is 1.42. The number of hydrogen-bond acceptors (Lipinski definition) is 4. The van der Waals surface area contributed by atoms with Gasteiger partial charge in [-0.15, -0.1) is 0 Å². The summed E-state index contributed by atoms with van der Waals surface area (Å²) >= 11 is 0. The van der Waals surface area contributed by atoms with Crippen LogP contribution in [0.4, 0.5) is 5.69 Å². The van der Waals surface area contributed by atoms with Crippen molar-refractivity contribution in [2.24, 2.45) is 0 Å². The van der Waals surface area contributed by atoms with Gasteiger partial charge < -0.3 is 15.0 Å². The Morgan fingerprint density at radius 1 is 1.12 bits per heavy atom. The maximum Gasteiger partial charge on any atom is 0.355 e. The van der Waals surface area contributed by atoms with Crippen LogP contribution < -0.4 is 10.8 Å². The number of amides is 1. The van der Waals surface area contributed by atoms with E-state index >= 15 is 0 Å². The van der Waals surface area contributed by atoms with Crippen LogP contribution in [0.25, 0.3) is 5.69 Å². The molecule has 2 heterocycles. The van der Waals surface area contributed by atoms with Gasteiger partial charge in [0.15, 0.2) is 5.69 Å². The van der Waals surface area contributed by atoms with Crippen molar-refractivity contribution in [3.63, 3.8) is 0 Å². The van der Waals surface area contributed by atoms with Crippen LogP contribution in [0.15, 0.2) is 48.9 Å². The highest BCUT2D eigenvalue weighted by atomic mass is 16.4. The molecule has 1 aromatic carbocycles. The molecule has 1 amide bonds. The fraction of sp³-hybridized carbons (Fsp3) is 0.0588. The number of aromatic carboxylic acids is 1. The molecule has 3 aromatic rings. The number of aryl methyl sites for hydroxylation is 1. The van der Waals surface area contributed by atoms with E-state index in [4.69, 9.17) is 0 Å². The molecule has 0 aliphatic rings. The SMILES string of the molecule is Bc1ccc(C(=O)Nc2ccn(-c3cnc(C)nc3)c2C(=O)O)cc1. The molecule has 0 fully saturated rings. The summed E-state index contributed by atoms with van der Waals surface area (Å²) in [6, 6.07) is 8.56. The lowest BCUT2D eigenvalue weighted by molar-refractivity contribution is 0.0689. The number of benzene rings is 1. The predicted octanol–water partition coefficient (Wildman–Crippen LogP) is 0.785. The van der Waals surface area contributed by atoms with Gasteiger partial charge in [0.1, 0.15) is 13.7 Å². The number of carbonyl (C=O) groups excluding carboxylic acids is 1. The Morgan fingerprint density at radius 3 is 2.36 bits per heavy atom. The summed E-state index contributed by atoms with van der Waals surface area (Å²) in [6.07, 6.45) is 4.61. The summed E-state index contributed by atoms with van der Waals surface area (Å²) in [4.78, 5) is 32.2. The van der Waals surface area contributed by atoms with Crippen molar-refractivity contribution in [1.82, 2.24) is 14.5 Å². The van der Waals surface area contributed by atoms with Gasteiger partial charge in [0.2, 0.25) is 0 Å². The monoisotopic (exact) mass is 334 g/mol. The first-order valence-corrected chi connectivity index (χ1v) is 7.57. The molecule has 0 aliphatic heterocycles. The largest absolute Gasteiger partial charge is 0.476 e. The van der Waals surface area contributed by atoms with Crippen molar-refractivity contribution in [3.05, 3.63) is 66.0 Å². The molecule has 25 heavy (non-hydrogen) atoms. The van der Waals surface area contributed by atoms with Crippen molar-refractivity contribution < 1.29 is 14.7 Å². The minimum atomic E-state index is -1.16. The van der Waals surface area contributed by atoms with Crippen molar-refractivity contribution >= 4 is 30.9 Å². The average Bonchev–Trinajstić information content (AvgIpc) is 3.00. The Morgan fingerprint density at radius 2 is 1.76 bits per heavy atom. The Bertz CT molecular complexity index is 934. The van der Waals surface area contributed by atoms with Crippen molar-refractivity contribution in [2.45, 2.75) is 6.92 Å². The zero-order valence-electron chi connectivity index (χ0n) is 13.7. The number of hydrogen-bond donors (Lipinski definition) is 2. The molecule has 3 rings (SSSR count). The summed E-state index contributed by atoms with van der Waals surface area (Å²) in [7, 11) is 1.92. The van der Waals surface area contributed by atoms with Gasteiger partial charge in [0.05, 0.1) is 23.8 Å². The van der Waals surface area contributed by atoms with Gasteiger partial charge in [-0.25, -0.2) is 14.8 Å². The first kappa shape index (κ1) is 16.4. The molecule has 0 saturated carbocycles. The highest BCUT2D eigenvalue weighted by Gasteiger charge is 2.20. The molecule has 0 aliphatic carbocycles. The maximum atomic E-state index is 12.4. The van der Waals surface area contributed by atoms with E-state index in [0.717, 1.165) is 5.46 Å². The fourth-order valence-corrected chi connectivity index (χ4v) is 2.38. The highest BCUT2D eigenvalue weighted by molar-refractivity contribution is 6.32. The van der Waals surface area contributed by atoms with Crippen LogP contribution in [-0.4, -0.2) is 39.4 Å². The van der Waals surface area contributed by atoms with Crippen LogP contribution in [-0.2, 0) is 0 Å². The smallest absolute Gasteiger partial charge is 0.355 e. The summed E-state index contributed by atoms with van der Waals surface area (Å²) in [5.74, 6) is -0.953. The van der Waals surface area contributed by atoms with E-state index in [0.29, 0.717) is 17.1 Å². The third kappa shape index (κ3) is 3.42. The standard InChI is InChI=1S/C17H15BN4O3/c1-10-19-8-13(9-20-10)22-7-6-14(15(22)17(24)25)21-16(23)11-2-4-12(18)5-3-11/h2-9H,18H2,1H3,(H,21,23)(H,24,25). The minimum Gasteiger partial charge on any atom is -0.476 e. The molecular formula is C17H15BN4O3. The fourth-order valence-electron chi connectivity index (χ4n) is 2.38. The number of nitrogens with zero attached hydrogens (tertiary/aromatic N) is 3. The first-order chi connectivity index (χ1) is 12.0. The van der Waals surface area contributed by atoms with E-state index in [2.05, 4.69) is 15.3 Å². The Kier molecular flexibility index (Phi) is 4.34. The van der Waals surface area contributed by atoms with Gasteiger partial charge in [0, 0.05) is 11.8 Å². The number of anilines is 1. The van der Waals surface area contributed by atoms with E-state index < -0.39 is 5.97 Å². The number of carboxylic acid groups (broad SMARTS) is 1. The molecule has 0 radical (unpaired) electrons. The number of nitrogens with one attached hydrogen (secondary N) is 1. The highest BCUT2D eigenvalue weighted by Crippen LogP contribution is 2.22. The summed E-state index contributed by atoms with van der Waals surface area (Å²) in [6.45, 7) is 1.74. The molecule has 2 N–H and O–H groups in total. The first-order valence-electron chi connectivity index (χ1n) is 7.57. The van der Waals surface area contributed by atoms with E-state index in [1.54, 1.807) is 25.3 Å². The second kappa shape index (κ2) is 6.60. The number of carbonyl (C=O) groups is 2. The van der Waals surface area contributed by atoms with Crippen molar-refractivity contribution in [2.75, 3.05) is 5.32 Å². The van der Waals surface area contributed by atoms with Crippen LogP contribution in [0, 0.1) is 6.92 Å². The van der Waals surface area contributed by atoms with Gasteiger partial charge in [-0.05, 0) is 13.0 Å². The predicted molar refractivity (Wildman–Crippen MR) is 95.6 cm³/mol. The number of carboxylic acids is 1. The van der Waals surface area contributed by atoms with E-state index in [-0.39, 0.29) is 17.3 Å². The average molecular weight is 334 g/mol. The quantitative estimate of drug-likeness (QED) is 0.688. The van der Waals surface area contributed by atoms with Crippen LogP contribution >= 0.6 is 0 Å². The molecule has 0 bridgehead atoms. The van der Waals surface area contributed by atoms with Crippen LogP contribution in [0.2, 0.25) is 0 Å². The van der Waals surface area contributed by atoms with E-state index in [1.165, 1.54) is 23.0 Å². The van der Waals surface area contributed by atoms with Gasteiger partial charge in [-0.3, -0.25) is 4.79 Å². The van der Waals surface area contributed by atoms with Crippen LogP contribution in [0.5, 0.6) is 0 Å². The molecule has 0 saturated heterocycles. The van der Waals surface area contributed by atoms with Crippen molar-refractivity contribution in [3.8, 4) is 5.69 Å². The van der Waals surface area contributed by atoms with E-state index in [9.17, 15) is 14.7 Å². The molecule has 0 atom stereocenters. The molecule has 7 nitrogen and oxygen atoms in total. The zero-order valence-corrected chi connectivity index (χ0v) is 13.7. The lowest BCUT2D eigenvalue weighted by Crippen LogP contribution is -2.16. The second-order valence-electron chi connectivity index (χ2n) is 5.56. The van der Waals surface area contributed by atoms with Gasteiger partial charge in [-0.2, -0.15) is 0 Å². The van der Waals surface area contributed by atoms with Gasteiger partial charge in [0.25, 0.3) is 5.91 Å². The zero-order chi connectivity index (χ0) is 18.0. The molecule has 8 heteroatoms. The van der Waals surface area contributed by atoms with Crippen molar-refractivity contribution in [1.29, 1.82) is 0 Å². The third-order valence-electron chi connectivity index (χ3n) is 3.70. The van der Waals surface area contributed by atoms with Crippen LogP contribution in [0.1, 0.15) is 26.7 Å². The number of rotatable bonds is 4.